The number of nitrogens with zero attached hydrogens (tertiary/aromatic N) is 2. The number of carboxylic acid groups (broad SMARTS) is 1. The summed E-state index contributed by atoms with van der Waals surface area (Å²) in [5, 5.41) is 6.89. The van der Waals surface area contributed by atoms with Crippen molar-refractivity contribution in [3.05, 3.63) is 59.7 Å². The normalized spacial score (nSPS) is 21.5. The Kier molecular flexibility index (Phi) is 7.01. The minimum atomic E-state index is -0.250. The quantitative estimate of drug-likeness (QED) is 0.791. The minimum Gasteiger partial charge on any atom is -0.483 e. The van der Waals surface area contributed by atoms with Crippen molar-refractivity contribution >= 4 is 12.4 Å². The number of amides is 1. The molecule has 29 heavy (non-hydrogen) atoms. The Labute approximate surface area is 171 Å². The lowest BCUT2D eigenvalue weighted by molar-refractivity contribution is -0.122. The number of carbonyl (C=O) groups is 2. The fourth-order valence-electron chi connectivity index (χ4n) is 4.12. The van der Waals surface area contributed by atoms with Gasteiger partial charge in [0.05, 0.1) is 19.3 Å². The van der Waals surface area contributed by atoms with E-state index >= 15 is 0 Å². The lowest BCUT2D eigenvalue weighted by atomic mass is 9.97. The summed E-state index contributed by atoms with van der Waals surface area (Å²) >= 11 is 0. The van der Waals surface area contributed by atoms with Crippen molar-refractivity contribution in [2.75, 3.05) is 39.9 Å². The Balaban J connectivity index is 0.000000755. The van der Waals surface area contributed by atoms with Crippen molar-refractivity contribution in [3.8, 4) is 11.1 Å². The average molecular weight is 396 g/mol. The van der Waals surface area contributed by atoms with Crippen LogP contribution < -0.4 is 0 Å². The first-order valence-electron chi connectivity index (χ1n) is 9.84. The molecule has 4 rings (SSSR count). The number of hydrogen-bond donors (Lipinski definition) is 1. The maximum absolute atomic E-state index is 13.4. The van der Waals surface area contributed by atoms with Gasteiger partial charge in [-0.05, 0) is 31.2 Å². The second-order valence-electron chi connectivity index (χ2n) is 7.73. The third kappa shape index (κ3) is 5.02. The van der Waals surface area contributed by atoms with Crippen LogP contribution in [0.4, 0.5) is 0 Å². The molecule has 2 aromatic rings. The van der Waals surface area contributed by atoms with Gasteiger partial charge in [-0.25, -0.2) is 0 Å². The number of hydrogen-bond acceptors (Lipinski definition) is 4. The first-order valence-corrected chi connectivity index (χ1v) is 9.84. The Morgan fingerprint density at radius 2 is 1.86 bits per heavy atom. The molecule has 2 aliphatic heterocycles. The van der Waals surface area contributed by atoms with Gasteiger partial charge in [-0.1, -0.05) is 48.0 Å². The second kappa shape index (κ2) is 9.67. The number of carbonyl (C=O) groups excluding carboxylic acids is 1. The summed E-state index contributed by atoms with van der Waals surface area (Å²) < 4.78 is 5.79. The molecular weight excluding hydrogens is 368 g/mol. The number of benzene rings is 2. The number of rotatable bonds is 2. The molecule has 2 fully saturated rings. The molecule has 6 heteroatoms. The molecule has 0 spiro atoms. The van der Waals surface area contributed by atoms with Gasteiger partial charge in [-0.3, -0.25) is 14.5 Å². The molecular formula is C23H28N2O4. The van der Waals surface area contributed by atoms with E-state index in [1.807, 2.05) is 23.1 Å². The van der Waals surface area contributed by atoms with Crippen LogP contribution in [0.3, 0.4) is 0 Å². The van der Waals surface area contributed by atoms with Crippen molar-refractivity contribution < 1.29 is 19.4 Å². The summed E-state index contributed by atoms with van der Waals surface area (Å²) in [5.74, 6) is 0.511. The van der Waals surface area contributed by atoms with E-state index in [-0.39, 0.29) is 18.4 Å². The van der Waals surface area contributed by atoms with Gasteiger partial charge in [0.15, 0.2) is 0 Å². The molecule has 1 amide bonds. The van der Waals surface area contributed by atoms with Crippen molar-refractivity contribution in [2.45, 2.75) is 13.0 Å². The molecule has 2 aliphatic rings. The van der Waals surface area contributed by atoms with Gasteiger partial charge in [-0.2, -0.15) is 0 Å². The topological polar surface area (TPSA) is 70.1 Å². The van der Waals surface area contributed by atoms with Crippen LogP contribution in [-0.4, -0.2) is 73.2 Å². The Bertz CT molecular complexity index is 854. The molecule has 0 aromatic heterocycles. The van der Waals surface area contributed by atoms with Crippen molar-refractivity contribution in [1.29, 1.82) is 0 Å². The van der Waals surface area contributed by atoms with E-state index in [2.05, 4.69) is 49.2 Å². The Hall–Kier alpha value is -2.70. The van der Waals surface area contributed by atoms with Gasteiger partial charge in [0.2, 0.25) is 0 Å². The van der Waals surface area contributed by atoms with Gasteiger partial charge in [-0.15, -0.1) is 0 Å². The van der Waals surface area contributed by atoms with Crippen LogP contribution in [-0.2, 0) is 9.53 Å². The van der Waals surface area contributed by atoms with E-state index in [9.17, 15) is 4.79 Å². The molecule has 0 saturated carbocycles. The van der Waals surface area contributed by atoms with E-state index in [0.29, 0.717) is 12.5 Å². The first-order chi connectivity index (χ1) is 14.0. The van der Waals surface area contributed by atoms with Gasteiger partial charge in [0.25, 0.3) is 12.4 Å². The maximum Gasteiger partial charge on any atom is 0.290 e. The molecule has 1 N–H and O–H groups in total. The standard InChI is InChI=1S/C22H26N2O2.CH2O2/c1-16-6-5-7-18(10-16)20-8-3-4-9-21(20)22(25)24-12-17-11-23(2)19(13-24)15-26-14-17;2-1-3/h3-10,17,19H,11-15H2,1-2H3;1H,(H,2,3)/t17-,19+;/m1./s1. The fourth-order valence-corrected chi connectivity index (χ4v) is 4.12. The predicted molar refractivity (Wildman–Crippen MR) is 112 cm³/mol. The van der Waals surface area contributed by atoms with Crippen LogP contribution in [0, 0.1) is 12.8 Å². The van der Waals surface area contributed by atoms with Crippen LogP contribution in [0.1, 0.15) is 15.9 Å². The molecule has 2 aromatic carbocycles. The van der Waals surface area contributed by atoms with E-state index < -0.39 is 0 Å². The Morgan fingerprint density at radius 3 is 2.62 bits per heavy atom. The highest BCUT2D eigenvalue weighted by Gasteiger charge is 2.34. The third-order valence-electron chi connectivity index (χ3n) is 5.52. The molecule has 2 heterocycles. The molecule has 6 nitrogen and oxygen atoms in total. The van der Waals surface area contributed by atoms with Crippen LogP contribution in [0.5, 0.6) is 0 Å². The van der Waals surface area contributed by atoms with Crippen LogP contribution in [0.15, 0.2) is 48.5 Å². The van der Waals surface area contributed by atoms with Gasteiger partial charge in [0, 0.05) is 31.1 Å². The predicted octanol–water partition coefficient (Wildman–Crippen LogP) is 2.77. The van der Waals surface area contributed by atoms with E-state index in [4.69, 9.17) is 14.6 Å². The highest BCUT2D eigenvalue weighted by atomic mass is 16.5. The highest BCUT2D eigenvalue weighted by molar-refractivity contribution is 6.01. The molecule has 0 radical (unpaired) electrons. The SMILES string of the molecule is Cc1cccc(-c2ccccc2C(=O)N2C[C@@H]3COC[C@H](C2)N(C)C3)c1.O=CO. The number of ether oxygens (including phenoxy) is 1. The molecule has 154 valence electrons. The molecule has 0 unspecified atom stereocenters. The van der Waals surface area contributed by atoms with E-state index in [0.717, 1.165) is 42.9 Å². The minimum absolute atomic E-state index is 0.134. The van der Waals surface area contributed by atoms with E-state index in [1.165, 1.54) is 5.56 Å². The van der Waals surface area contributed by atoms with Gasteiger partial charge >= 0.3 is 0 Å². The molecule has 2 saturated heterocycles. The molecule has 2 bridgehead atoms. The lowest BCUT2D eigenvalue weighted by Crippen LogP contribution is -2.44. The summed E-state index contributed by atoms with van der Waals surface area (Å²) in [6, 6.07) is 16.6. The van der Waals surface area contributed by atoms with Crippen molar-refractivity contribution in [1.82, 2.24) is 9.80 Å². The molecule has 0 aliphatic carbocycles. The monoisotopic (exact) mass is 396 g/mol. The Morgan fingerprint density at radius 1 is 1.10 bits per heavy atom. The zero-order chi connectivity index (χ0) is 20.8. The van der Waals surface area contributed by atoms with E-state index in [1.54, 1.807) is 0 Å². The lowest BCUT2D eigenvalue weighted by Gasteiger charge is -2.30. The number of likely N-dealkylation sites (N-methyl/N-ethyl adjacent to an activating group) is 1. The van der Waals surface area contributed by atoms with Crippen molar-refractivity contribution in [2.24, 2.45) is 5.92 Å². The summed E-state index contributed by atoms with van der Waals surface area (Å²) in [6.07, 6.45) is 0. The van der Waals surface area contributed by atoms with Gasteiger partial charge < -0.3 is 14.7 Å². The van der Waals surface area contributed by atoms with Crippen LogP contribution in [0.25, 0.3) is 11.1 Å². The largest absolute Gasteiger partial charge is 0.483 e. The van der Waals surface area contributed by atoms with Crippen LogP contribution >= 0.6 is 0 Å². The first kappa shape index (κ1) is 21.0. The zero-order valence-corrected chi connectivity index (χ0v) is 17.0. The average Bonchev–Trinajstić information content (AvgIpc) is 2.96. The fraction of sp³-hybridized carbons (Fsp3) is 0.391. The number of fused-ring (bicyclic) bond motifs is 3. The smallest absolute Gasteiger partial charge is 0.290 e. The summed E-state index contributed by atoms with van der Waals surface area (Å²) in [7, 11) is 2.14. The highest BCUT2D eigenvalue weighted by Crippen LogP contribution is 2.27. The number of aryl methyl sites for hydroxylation is 1. The molecule has 2 atom stereocenters. The summed E-state index contributed by atoms with van der Waals surface area (Å²) in [6.45, 7) is 5.77. The summed E-state index contributed by atoms with van der Waals surface area (Å²) in [4.78, 5) is 26.2. The van der Waals surface area contributed by atoms with Crippen molar-refractivity contribution in [3.63, 3.8) is 0 Å². The summed E-state index contributed by atoms with van der Waals surface area (Å²) in [5.41, 5.74) is 4.11. The van der Waals surface area contributed by atoms with Gasteiger partial charge in [0.1, 0.15) is 0 Å². The zero-order valence-electron chi connectivity index (χ0n) is 17.0. The third-order valence-corrected chi connectivity index (χ3v) is 5.52. The maximum atomic E-state index is 13.4. The second-order valence-corrected chi connectivity index (χ2v) is 7.73. The van der Waals surface area contributed by atoms with Crippen LogP contribution in [0.2, 0.25) is 0 Å².